The lowest BCUT2D eigenvalue weighted by molar-refractivity contribution is 0.434. The van der Waals surface area contributed by atoms with Gasteiger partial charge in [-0.25, -0.2) is 0 Å². The Morgan fingerprint density at radius 2 is 1.35 bits per heavy atom. The zero-order chi connectivity index (χ0) is 14.3. The summed E-state index contributed by atoms with van der Waals surface area (Å²) >= 11 is 0. The van der Waals surface area contributed by atoms with E-state index in [-0.39, 0.29) is 0 Å². The van der Waals surface area contributed by atoms with E-state index in [1.165, 1.54) is 12.8 Å². The van der Waals surface area contributed by atoms with E-state index in [1.807, 2.05) is 14.1 Å². The molecule has 0 aliphatic heterocycles. The van der Waals surface area contributed by atoms with Crippen molar-refractivity contribution in [1.82, 2.24) is 15.5 Å². The fourth-order valence-corrected chi connectivity index (χ4v) is 0.354. The topological polar surface area (TPSA) is 27.3 Å². The second-order valence-corrected chi connectivity index (χ2v) is 5.35. The maximum absolute atomic E-state index is 3.10. The molecule has 0 fully saturated rings. The van der Waals surface area contributed by atoms with Crippen molar-refractivity contribution < 1.29 is 0 Å². The molecule has 108 valence electrons. The fourth-order valence-electron chi connectivity index (χ4n) is 0.354. The number of hydrogen-bond donors (Lipinski definition) is 2. The van der Waals surface area contributed by atoms with Crippen LogP contribution in [0, 0.1) is 0 Å². The van der Waals surface area contributed by atoms with Crippen LogP contribution in [0.1, 0.15) is 47.5 Å². The lowest BCUT2D eigenvalue weighted by Gasteiger charge is -2.15. The molecule has 0 bridgehead atoms. The van der Waals surface area contributed by atoms with Crippen molar-refractivity contribution in [3.8, 4) is 0 Å². The molecule has 0 spiro atoms. The molecule has 3 nitrogen and oxygen atoms in total. The first-order valence-electron chi connectivity index (χ1n) is 6.73. The van der Waals surface area contributed by atoms with Gasteiger partial charge in [0.25, 0.3) is 0 Å². The Labute approximate surface area is 110 Å². The first-order valence-corrected chi connectivity index (χ1v) is 6.73. The SMILES string of the molecule is CCCCNC.CCN(C)C.CNC(C)(C)C. The van der Waals surface area contributed by atoms with Crippen LogP contribution in [-0.4, -0.2) is 51.7 Å². The van der Waals surface area contributed by atoms with Crippen molar-refractivity contribution in [3.63, 3.8) is 0 Å². The molecular weight excluding hydrogens is 210 g/mol. The van der Waals surface area contributed by atoms with Crippen molar-refractivity contribution in [2.75, 3.05) is 41.3 Å². The highest BCUT2D eigenvalue weighted by atomic mass is 15.0. The summed E-state index contributed by atoms with van der Waals surface area (Å²) in [6, 6.07) is 0. The van der Waals surface area contributed by atoms with E-state index in [2.05, 4.69) is 64.2 Å². The molecule has 0 aliphatic rings. The summed E-state index contributed by atoms with van der Waals surface area (Å²) in [7, 11) is 8.05. The summed E-state index contributed by atoms with van der Waals surface area (Å²) in [6.07, 6.45) is 2.59. The van der Waals surface area contributed by atoms with Crippen LogP contribution < -0.4 is 10.6 Å². The largest absolute Gasteiger partial charge is 0.320 e. The van der Waals surface area contributed by atoms with Crippen molar-refractivity contribution >= 4 is 0 Å². The van der Waals surface area contributed by atoms with Crippen molar-refractivity contribution in [2.24, 2.45) is 0 Å². The summed E-state index contributed by atoms with van der Waals surface area (Å²) < 4.78 is 0. The van der Waals surface area contributed by atoms with Crippen LogP contribution in [0.5, 0.6) is 0 Å². The highest BCUT2D eigenvalue weighted by molar-refractivity contribution is 4.65. The minimum atomic E-state index is 0.292. The van der Waals surface area contributed by atoms with Crippen LogP contribution in [0.2, 0.25) is 0 Å². The van der Waals surface area contributed by atoms with E-state index in [4.69, 9.17) is 0 Å². The fraction of sp³-hybridized carbons (Fsp3) is 1.00. The summed E-state index contributed by atoms with van der Waals surface area (Å²) in [5, 5.41) is 6.17. The van der Waals surface area contributed by atoms with E-state index in [1.54, 1.807) is 0 Å². The van der Waals surface area contributed by atoms with Crippen LogP contribution in [0.25, 0.3) is 0 Å². The minimum absolute atomic E-state index is 0.292. The van der Waals surface area contributed by atoms with E-state index < -0.39 is 0 Å². The Balaban J connectivity index is -0.000000174. The predicted octanol–water partition coefficient (Wildman–Crippen LogP) is 2.58. The van der Waals surface area contributed by atoms with E-state index in [9.17, 15) is 0 Å². The second kappa shape index (κ2) is 15.9. The van der Waals surface area contributed by atoms with Gasteiger partial charge in [0.1, 0.15) is 0 Å². The van der Waals surface area contributed by atoms with Crippen LogP contribution in [0.15, 0.2) is 0 Å². The third-order valence-corrected chi connectivity index (χ3v) is 2.16. The molecule has 0 heterocycles. The van der Waals surface area contributed by atoms with Gasteiger partial charge in [0, 0.05) is 5.54 Å². The van der Waals surface area contributed by atoms with Gasteiger partial charge in [-0.1, -0.05) is 20.3 Å². The molecule has 0 unspecified atom stereocenters. The third kappa shape index (κ3) is 49.3. The summed E-state index contributed by atoms with van der Waals surface area (Å²) in [4.78, 5) is 2.12. The Hall–Kier alpha value is -0.120. The second-order valence-electron chi connectivity index (χ2n) is 5.35. The van der Waals surface area contributed by atoms with Crippen molar-refractivity contribution in [2.45, 2.75) is 53.0 Å². The normalized spacial score (nSPS) is 10.2. The Kier molecular flexibility index (Phi) is 20.6. The van der Waals surface area contributed by atoms with Gasteiger partial charge in [-0.3, -0.25) is 0 Å². The van der Waals surface area contributed by atoms with E-state index >= 15 is 0 Å². The van der Waals surface area contributed by atoms with Crippen LogP contribution in [0.4, 0.5) is 0 Å². The number of hydrogen-bond acceptors (Lipinski definition) is 3. The molecule has 0 atom stereocenters. The van der Waals surface area contributed by atoms with Crippen molar-refractivity contribution in [1.29, 1.82) is 0 Å². The first-order chi connectivity index (χ1) is 7.74. The molecule has 3 heteroatoms. The van der Waals surface area contributed by atoms with Gasteiger partial charge < -0.3 is 15.5 Å². The summed E-state index contributed by atoms with van der Waals surface area (Å²) in [5.41, 5.74) is 0.292. The van der Waals surface area contributed by atoms with Crippen molar-refractivity contribution in [3.05, 3.63) is 0 Å². The number of rotatable bonds is 4. The molecule has 0 aromatic rings. The van der Waals surface area contributed by atoms with E-state index in [0.29, 0.717) is 5.54 Å². The molecule has 17 heavy (non-hydrogen) atoms. The van der Waals surface area contributed by atoms with Gasteiger partial charge >= 0.3 is 0 Å². The lowest BCUT2D eigenvalue weighted by Crippen LogP contribution is -2.31. The molecular formula is C14H37N3. The standard InChI is InChI=1S/2C5H13N.C4H11N/c1-5(2,3)6-4;1-3-4-5-6-2;1-4-5(2)3/h6H,1-4H3;6H,3-5H2,1-2H3;4H2,1-3H3. The average molecular weight is 247 g/mol. The average Bonchev–Trinajstić information content (AvgIpc) is 2.27. The van der Waals surface area contributed by atoms with Crippen LogP contribution in [0.3, 0.4) is 0 Å². The minimum Gasteiger partial charge on any atom is -0.320 e. The van der Waals surface area contributed by atoms with Gasteiger partial charge in [0.2, 0.25) is 0 Å². The molecule has 0 saturated heterocycles. The van der Waals surface area contributed by atoms with E-state index in [0.717, 1.165) is 13.1 Å². The highest BCUT2D eigenvalue weighted by Crippen LogP contribution is 1.93. The Bertz CT molecular complexity index is 113. The highest BCUT2D eigenvalue weighted by Gasteiger charge is 2.01. The third-order valence-electron chi connectivity index (χ3n) is 2.16. The molecule has 0 aromatic heterocycles. The maximum Gasteiger partial charge on any atom is 0.00935 e. The molecule has 0 radical (unpaired) electrons. The predicted molar refractivity (Wildman–Crippen MR) is 81.9 cm³/mol. The quantitative estimate of drug-likeness (QED) is 0.748. The Morgan fingerprint density at radius 1 is 1.00 bits per heavy atom. The van der Waals surface area contributed by atoms with Gasteiger partial charge in [-0.05, 0) is 68.5 Å². The first kappa shape index (κ1) is 22.1. The van der Waals surface area contributed by atoms with Gasteiger partial charge in [0.05, 0.1) is 0 Å². The summed E-state index contributed by atoms with van der Waals surface area (Å²) in [6.45, 7) is 13.0. The Morgan fingerprint density at radius 3 is 1.41 bits per heavy atom. The summed E-state index contributed by atoms with van der Waals surface area (Å²) in [5.74, 6) is 0. The van der Waals surface area contributed by atoms with Gasteiger partial charge in [-0.15, -0.1) is 0 Å². The lowest BCUT2D eigenvalue weighted by atomic mass is 10.1. The van der Waals surface area contributed by atoms with Gasteiger partial charge in [-0.2, -0.15) is 0 Å². The monoisotopic (exact) mass is 247 g/mol. The zero-order valence-electron chi connectivity index (χ0n) is 13.8. The molecule has 0 aliphatic carbocycles. The maximum atomic E-state index is 3.10. The number of nitrogens with zero attached hydrogens (tertiary/aromatic N) is 1. The molecule has 0 rings (SSSR count). The molecule has 0 amide bonds. The zero-order valence-corrected chi connectivity index (χ0v) is 13.8. The molecule has 0 saturated carbocycles. The number of unbranched alkanes of at least 4 members (excludes halogenated alkanes) is 1. The van der Waals surface area contributed by atoms with Crippen LogP contribution >= 0.6 is 0 Å². The van der Waals surface area contributed by atoms with Gasteiger partial charge in [0.15, 0.2) is 0 Å². The molecule has 0 aromatic carbocycles. The number of nitrogens with one attached hydrogen (secondary N) is 2. The molecule has 2 N–H and O–H groups in total. The smallest absolute Gasteiger partial charge is 0.00935 e. The van der Waals surface area contributed by atoms with Crippen LogP contribution in [-0.2, 0) is 0 Å².